The van der Waals surface area contributed by atoms with Crippen LogP contribution in [-0.4, -0.2) is 99.0 Å². The molecule has 260 valence electrons. The van der Waals surface area contributed by atoms with Crippen molar-refractivity contribution in [3.8, 4) is 17.2 Å². The third-order valence-electron chi connectivity index (χ3n) is 9.57. The molecule has 15 heteroatoms. The number of carbonyl (C=O) groups is 2. The Bertz CT molecular complexity index is 1830. The number of guanidine groups is 1. The highest BCUT2D eigenvalue weighted by atomic mass is 16.7. The Hall–Kier alpha value is -4.80. The predicted molar refractivity (Wildman–Crippen MR) is 175 cm³/mol. The Morgan fingerprint density at radius 2 is 1.92 bits per heavy atom. The molecule has 1 aromatic heterocycles. The number of aromatic hydroxyl groups is 1. The number of nitrogens with zero attached hydrogens (tertiary/aromatic N) is 2. The molecule has 2 aromatic carbocycles. The van der Waals surface area contributed by atoms with Gasteiger partial charge in [0.15, 0.2) is 11.7 Å². The maximum absolute atomic E-state index is 14.3. The second-order valence-corrected chi connectivity index (χ2v) is 12.4. The van der Waals surface area contributed by atoms with E-state index in [9.17, 15) is 35.1 Å². The van der Waals surface area contributed by atoms with E-state index in [-0.39, 0.29) is 64.1 Å². The average molecular weight is 678 g/mol. The fourth-order valence-electron chi connectivity index (χ4n) is 6.98. The summed E-state index contributed by atoms with van der Waals surface area (Å²) in [6, 6.07) is 7.09. The van der Waals surface area contributed by atoms with Crippen molar-refractivity contribution in [3.05, 3.63) is 75.5 Å². The van der Waals surface area contributed by atoms with Crippen LogP contribution in [0.4, 0.5) is 5.82 Å². The molecule has 3 aliphatic rings. The van der Waals surface area contributed by atoms with E-state index in [2.05, 4.69) is 15.3 Å². The number of anilines is 1. The number of aromatic nitrogens is 1. The number of pyridine rings is 1. The number of aliphatic imine (C=N–C) groups is 1. The lowest BCUT2D eigenvalue weighted by molar-refractivity contribution is -0.314. The molecule has 1 fully saturated rings. The molecule has 3 aromatic rings. The van der Waals surface area contributed by atoms with Gasteiger partial charge in [0.1, 0.15) is 47.0 Å². The molecule has 6 rings (SSSR count). The number of phenolic OH excluding ortho intramolecular Hbond substituents is 1. The molecule has 0 radical (unpaired) electrons. The summed E-state index contributed by atoms with van der Waals surface area (Å²) >= 11 is 0. The predicted octanol–water partition coefficient (Wildman–Crippen LogP) is 0.247. The zero-order valence-corrected chi connectivity index (χ0v) is 26.9. The molecular weight excluding hydrogens is 638 g/mol. The van der Waals surface area contributed by atoms with Gasteiger partial charge >= 0.3 is 0 Å². The van der Waals surface area contributed by atoms with Crippen LogP contribution >= 0.6 is 0 Å². The van der Waals surface area contributed by atoms with E-state index in [0.29, 0.717) is 29.5 Å². The van der Waals surface area contributed by atoms with Gasteiger partial charge in [-0.2, -0.15) is 0 Å². The molecule has 6 atom stereocenters. The van der Waals surface area contributed by atoms with Crippen molar-refractivity contribution >= 4 is 23.3 Å². The molecule has 10 N–H and O–H groups in total. The first-order valence-corrected chi connectivity index (χ1v) is 15.8. The summed E-state index contributed by atoms with van der Waals surface area (Å²) in [6.07, 6.45) is -3.47. The Kier molecular flexibility index (Phi) is 9.21. The maximum Gasteiger partial charge on any atom is 0.229 e. The SMILES string of the molecule is CN=C(N)N[C@H]1CCCc2cc3c(c(O)c21)C(=O)c1c(O[C@@H]2O[C@H](CO)[C@](O)(CCc4ccnc(N)c4)[C@H](O)[C@H]2O)cc(OC)cc1C3=O. The van der Waals surface area contributed by atoms with Gasteiger partial charge in [0.25, 0.3) is 0 Å². The van der Waals surface area contributed by atoms with E-state index in [1.807, 2.05) is 0 Å². The standard InChI is InChI=1S/C34H39N5O10/c1-37-33(36)39-20-5-3-4-16-11-18-26(28(42)24(16)20)29(43)25-19(27(18)41)12-17(47-2)13-21(25)48-32-30(44)31(45)34(46,22(14-40)49-32)8-6-15-7-9-38-23(35)10-15/h7,9-13,20,22,30-32,40,42,44-46H,3-6,8,14H2,1-2H3,(H2,35,38)(H3,36,37,39)/t20-,22+,30+,31+,32+,34+/m0/s1. The number of nitrogen functional groups attached to an aromatic ring is 1. The monoisotopic (exact) mass is 677 g/mol. The largest absolute Gasteiger partial charge is 0.507 e. The van der Waals surface area contributed by atoms with E-state index in [4.69, 9.17) is 25.7 Å². The number of aryl methyl sites for hydroxylation is 2. The lowest BCUT2D eigenvalue weighted by Crippen LogP contribution is -2.68. The third-order valence-corrected chi connectivity index (χ3v) is 9.57. The van der Waals surface area contributed by atoms with Gasteiger partial charge in [0, 0.05) is 36.0 Å². The summed E-state index contributed by atoms with van der Waals surface area (Å²) in [5, 5.41) is 58.7. The van der Waals surface area contributed by atoms with Gasteiger partial charge in [-0.25, -0.2) is 4.98 Å². The first-order valence-electron chi connectivity index (χ1n) is 15.8. The highest BCUT2D eigenvalue weighted by Crippen LogP contribution is 2.46. The summed E-state index contributed by atoms with van der Waals surface area (Å²) in [5.41, 5.74) is 10.9. The summed E-state index contributed by atoms with van der Waals surface area (Å²) in [6.45, 7) is -0.763. The first kappa shape index (κ1) is 34.1. The van der Waals surface area contributed by atoms with Crippen molar-refractivity contribution in [3.63, 3.8) is 0 Å². The number of benzene rings is 2. The molecular formula is C34H39N5O10. The van der Waals surface area contributed by atoms with Gasteiger partial charge in [0.2, 0.25) is 12.1 Å². The number of aliphatic hydroxyl groups is 4. The van der Waals surface area contributed by atoms with Gasteiger partial charge in [0.05, 0.1) is 30.9 Å². The molecule has 15 nitrogen and oxygen atoms in total. The number of methoxy groups -OCH3 is 1. The molecule has 1 saturated heterocycles. The molecule has 0 saturated carbocycles. The second kappa shape index (κ2) is 13.2. The zero-order chi connectivity index (χ0) is 35.2. The molecule has 0 spiro atoms. The Labute approximate surface area is 281 Å². The van der Waals surface area contributed by atoms with Crippen LogP contribution in [0, 0.1) is 0 Å². The number of rotatable bonds is 8. The summed E-state index contributed by atoms with van der Waals surface area (Å²) in [4.78, 5) is 36.1. The van der Waals surface area contributed by atoms with Crippen LogP contribution < -0.4 is 26.3 Å². The maximum atomic E-state index is 14.3. The number of aliphatic hydroxyl groups excluding tert-OH is 3. The zero-order valence-electron chi connectivity index (χ0n) is 26.9. The van der Waals surface area contributed by atoms with Crippen LogP contribution in [0.5, 0.6) is 17.2 Å². The third kappa shape index (κ3) is 5.93. The van der Waals surface area contributed by atoms with E-state index >= 15 is 0 Å². The van der Waals surface area contributed by atoms with Crippen molar-refractivity contribution in [2.75, 3.05) is 26.5 Å². The average Bonchev–Trinajstić information content (AvgIpc) is 3.09. The number of hydrogen-bond acceptors (Lipinski definition) is 13. The number of ether oxygens (including phenoxy) is 3. The molecule has 1 aliphatic heterocycles. The first-order chi connectivity index (χ1) is 23.4. The van der Waals surface area contributed by atoms with Crippen LogP contribution in [0.25, 0.3) is 0 Å². The molecule has 0 amide bonds. The van der Waals surface area contributed by atoms with Gasteiger partial charge in [-0.15, -0.1) is 0 Å². The topological polar surface area (TPSA) is 252 Å². The van der Waals surface area contributed by atoms with Crippen LogP contribution in [0.3, 0.4) is 0 Å². The number of carbonyl (C=O) groups excluding carboxylic acids is 2. The van der Waals surface area contributed by atoms with Gasteiger partial charge in [-0.1, -0.05) is 0 Å². The van der Waals surface area contributed by atoms with E-state index < -0.39 is 54.4 Å². The molecule has 2 heterocycles. The number of ketones is 2. The highest BCUT2D eigenvalue weighted by molar-refractivity contribution is 6.30. The van der Waals surface area contributed by atoms with E-state index in [1.165, 1.54) is 32.5 Å². The van der Waals surface area contributed by atoms with Crippen LogP contribution in [0.2, 0.25) is 0 Å². The fourth-order valence-corrected chi connectivity index (χ4v) is 6.98. The van der Waals surface area contributed by atoms with E-state index in [0.717, 1.165) is 6.42 Å². The lowest BCUT2D eigenvalue weighted by Gasteiger charge is -2.47. The number of phenols is 1. The van der Waals surface area contributed by atoms with Crippen molar-refractivity contribution in [1.82, 2.24) is 10.3 Å². The van der Waals surface area contributed by atoms with Gasteiger partial charge in [-0.3, -0.25) is 14.6 Å². The fraction of sp³-hybridized carbons (Fsp3) is 0.412. The normalized spacial score (nSPS) is 26.4. The lowest BCUT2D eigenvalue weighted by atomic mass is 9.77. The second-order valence-electron chi connectivity index (χ2n) is 12.4. The minimum absolute atomic E-state index is 0.0106. The van der Waals surface area contributed by atoms with Crippen LogP contribution in [0.15, 0.2) is 41.5 Å². The minimum atomic E-state index is -2.12. The number of nitrogens with one attached hydrogen (secondary N) is 1. The van der Waals surface area contributed by atoms with Crippen molar-refractivity contribution in [2.24, 2.45) is 10.7 Å². The van der Waals surface area contributed by atoms with Gasteiger partial charge < -0.3 is 56.5 Å². The van der Waals surface area contributed by atoms with Crippen molar-refractivity contribution < 1.29 is 49.3 Å². The summed E-state index contributed by atoms with van der Waals surface area (Å²) < 4.78 is 17.2. The quantitative estimate of drug-likeness (QED) is 0.0920. The van der Waals surface area contributed by atoms with Crippen LogP contribution in [-0.2, 0) is 17.6 Å². The summed E-state index contributed by atoms with van der Waals surface area (Å²) in [7, 11) is 2.87. The Balaban J connectivity index is 1.35. The molecule has 0 unspecified atom stereocenters. The Morgan fingerprint density at radius 1 is 1.16 bits per heavy atom. The van der Waals surface area contributed by atoms with Crippen LogP contribution in [0.1, 0.15) is 73.8 Å². The Morgan fingerprint density at radius 3 is 2.61 bits per heavy atom. The minimum Gasteiger partial charge on any atom is -0.507 e. The smallest absolute Gasteiger partial charge is 0.229 e. The number of nitrogens with two attached hydrogens (primary N) is 2. The molecule has 49 heavy (non-hydrogen) atoms. The van der Waals surface area contributed by atoms with Crippen molar-refractivity contribution in [1.29, 1.82) is 0 Å². The van der Waals surface area contributed by atoms with E-state index in [1.54, 1.807) is 18.2 Å². The number of fused-ring (bicyclic) bond motifs is 3. The molecule has 2 aliphatic carbocycles. The van der Waals surface area contributed by atoms with Gasteiger partial charge in [-0.05, 0) is 67.5 Å². The highest BCUT2D eigenvalue weighted by Gasteiger charge is 2.55. The number of hydrogen-bond donors (Lipinski definition) is 8. The summed E-state index contributed by atoms with van der Waals surface area (Å²) in [5.74, 6) is -1.38. The van der Waals surface area contributed by atoms with Crippen molar-refractivity contribution in [2.45, 2.75) is 68.3 Å². The molecule has 0 bridgehead atoms.